The summed E-state index contributed by atoms with van der Waals surface area (Å²) in [6, 6.07) is 17.9. The van der Waals surface area contributed by atoms with Crippen LogP contribution in [0.3, 0.4) is 0 Å². The third kappa shape index (κ3) is 4.29. The monoisotopic (exact) mass is 396 g/mol. The number of carboxylic acid groups (broad SMARTS) is 1. The lowest BCUT2D eigenvalue weighted by molar-refractivity contribution is 0.0694. The van der Waals surface area contributed by atoms with Crippen molar-refractivity contribution >= 4 is 17.6 Å². The second kappa shape index (κ2) is 8.63. The van der Waals surface area contributed by atoms with Crippen LogP contribution in [0, 0.1) is 13.8 Å². The van der Waals surface area contributed by atoms with Crippen LogP contribution in [-0.4, -0.2) is 15.6 Å². The number of hydrogen-bond acceptors (Lipinski definition) is 2. The highest BCUT2D eigenvalue weighted by Gasteiger charge is 2.23. The Kier molecular flexibility index (Phi) is 6.22. The average molecular weight is 397 g/mol. The number of halogens is 1. The van der Waals surface area contributed by atoms with Gasteiger partial charge in [-0.2, -0.15) is 0 Å². The molecule has 0 spiro atoms. The van der Waals surface area contributed by atoms with Gasteiger partial charge in [-0.25, -0.2) is 4.79 Å². The van der Waals surface area contributed by atoms with Gasteiger partial charge in [0.15, 0.2) is 0 Å². The van der Waals surface area contributed by atoms with Crippen molar-refractivity contribution in [3.8, 4) is 0 Å². The Balaban J connectivity index is 1.89. The molecule has 5 heteroatoms. The lowest BCUT2D eigenvalue weighted by atomic mass is 10.1. The first-order chi connectivity index (χ1) is 13.4. The number of aromatic carboxylic acids is 1. The first-order valence-electron chi connectivity index (χ1n) is 9.33. The molecule has 0 saturated heterocycles. The summed E-state index contributed by atoms with van der Waals surface area (Å²) >= 11 is 6.11. The molecule has 0 aliphatic heterocycles. The molecule has 3 rings (SSSR count). The number of rotatable bonds is 7. The Hall–Kier alpha value is -2.56. The summed E-state index contributed by atoms with van der Waals surface area (Å²) in [6.45, 7) is 7.01. The molecule has 0 aliphatic carbocycles. The Morgan fingerprint density at radius 2 is 1.82 bits per heavy atom. The Morgan fingerprint density at radius 3 is 2.46 bits per heavy atom. The molecule has 1 heterocycles. The van der Waals surface area contributed by atoms with Crippen LogP contribution in [0.25, 0.3) is 0 Å². The zero-order valence-electron chi connectivity index (χ0n) is 16.4. The van der Waals surface area contributed by atoms with Crippen molar-refractivity contribution in [1.82, 2.24) is 9.88 Å². The van der Waals surface area contributed by atoms with E-state index in [0.29, 0.717) is 23.7 Å². The highest BCUT2D eigenvalue weighted by molar-refractivity contribution is 6.30. The number of nitrogens with zero attached hydrogens (tertiary/aromatic N) is 1. The Morgan fingerprint density at radius 1 is 1.11 bits per heavy atom. The molecule has 0 radical (unpaired) electrons. The van der Waals surface area contributed by atoms with Crippen LogP contribution in [0.5, 0.6) is 0 Å². The van der Waals surface area contributed by atoms with Gasteiger partial charge < -0.3 is 15.0 Å². The predicted octanol–water partition coefficient (Wildman–Crippen LogP) is 5.36. The summed E-state index contributed by atoms with van der Waals surface area (Å²) in [7, 11) is 0. The summed E-state index contributed by atoms with van der Waals surface area (Å²) in [5.41, 5.74) is 5.15. The van der Waals surface area contributed by atoms with Crippen LogP contribution in [0.1, 0.15) is 51.4 Å². The lowest BCUT2D eigenvalue weighted by Gasteiger charge is -2.15. The minimum atomic E-state index is -0.894. The molecule has 4 nitrogen and oxygen atoms in total. The third-order valence-corrected chi connectivity index (χ3v) is 5.47. The molecule has 146 valence electrons. The van der Waals surface area contributed by atoms with E-state index in [1.165, 1.54) is 5.56 Å². The summed E-state index contributed by atoms with van der Waals surface area (Å²) in [5.74, 6) is -0.894. The second-order valence-electron chi connectivity index (χ2n) is 7.06. The van der Waals surface area contributed by atoms with Gasteiger partial charge in [-0.1, -0.05) is 54.1 Å². The van der Waals surface area contributed by atoms with E-state index in [1.807, 2.05) is 56.3 Å². The third-order valence-electron chi connectivity index (χ3n) is 5.24. The zero-order chi connectivity index (χ0) is 20.3. The van der Waals surface area contributed by atoms with Gasteiger partial charge >= 0.3 is 5.97 Å². The van der Waals surface area contributed by atoms with Gasteiger partial charge in [-0.3, -0.25) is 0 Å². The van der Waals surface area contributed by atoms with E-state index in [4.69, 9.17) is 11.6 Å². The number of hydrogen-bond donors (Lipinski definition) is 2. The van der Waals surface area contributed by atoms with Crippen molar-refractivity contribution in [3.05, 3.63) is 93.3 Å². The van der Waals surface area contributed by atoms with Gasteiger partial charge in [0, 0.05) is 41.1 Å². The minimum Gasteiger partial charge on any atom is -0.478 e. The molecular formula is C23H25ClN2O2. The highest BCUT2D eigenvalue weighted by atomic mass is 35.5. The molecule has 0 aliphatic rings. The number of aromatic nitrogens is 1. The van der Waals surface area contributed by atoms with Crippen LogP contribution in [0.15, 0.2) is 54.6 Å². The van der Waals surface area contributed by atoms with Crippen molar-refractivity contribution < 1.29 is 9.90 Å². The Bertz CT molecular complexity index is 980. The van der Waals surface area contributed by atoms with Crippen molar-refractivity contribution in [3.63, 3.8) is 0 Å². The van der Waals surface area contributed by atoms with Crippen molar-refractivity contribution in [2.75, 3.05) is 0 Å². The summed E-state index contributed by atoms with van der Waals surface area (Å²) < 4.78 is 2.05. The van der Waals surface area contributed by atoms with E-state index in [0.717, 1.165) is 22.5 Å². The second-order valence-corrected chi connectivity index (χ2v) is 7.50. The quantitative estimate of drug-likeness (QED) is 0.565. The van der Waals surface area contributed by atoms with Crippen LogP contribution in [-0.2, 0) is 13.1 Å². The minimum absolute atomic E-state index is 0.124. The topological polar surface area (TPSA) is 54.3 Å². The lowest BCUT2D eigenvalue weighted by Crippen LogP contribution is -2.19. The van der Waals surface area contributed by atoms with E-state index in [1.54, 1.807) is 0 Å². The number of nitrogens with one attached hydrogen (secondary N) is 1. The SMILES string of the molecule is Cc1c(CN[C@H](C)c2ccccc2)c(C(=O)O)c(C)n1Cc1cccc(Cl)c1. The van der Waals surface area contributed by atoms with Crippen molar-refractivity contribution in [1.29, 1.82) is 0 Å². The van der Waals surface area contributed by atoms with Gasteiger partial charge in [0.1, 0.15) is 0 Å². The fourth-order valence-corrected chi connectivity index (χ4v) is 3.83. The van der Waals surface area contributed by atoms with Gasteiger partial charge in [-0.05, 0) is 44.0 Å². The van der Waals surface area contributed by atoms with Gasteiger partial charge in [-0.15, -0.1) is 0 Å². The summed E-state index contributed by atoms with van der Waals surface area (Å²) in [6.07, 6.45) is 0. The predicted molar refractivity (Wildman–Crippen MR) is 113 cm³/mol. The molecule has 0 bridgehead atoms. The molecular weight excluding hydrogens is 372 g/mol. The first-order valence-corrected chi connectivity index (χ1v) is 9.71. The number of benzene rings is 2. The van der Waals surface area contributed by atoms with E-state index < -0.39 is 5.97 Å². The van der Waals surface area contributed by atoms with E-state index >= 15 is 0 Å². The van der Waals surface area contributed by atoms with Gasteiger partial charge in [0.05, 0.1) is 5.56 Å². The summed E-state index contributed by atoms with van der Waals surface area (Å²) in [5, 5.41) is 14.0. The maximum absolute atomic E-state index is 12.0. The maximum Gasteiger partial charge on any atom is 0.337 e. The molecule has 3 aromatic rings. The standard InChI is InChI=1S/C23H25ClN2O2/c1-15(19-9-5-4-6-10-19)25-13-21-16(2)26(17(3)22(21)23(27)28)14-18-8-7-11-20(24)12-18/h4-12,15,25H,13-14H2,1-3H3,(H,27,28)/t15-/m1/s1. The van der Waals surface area contributed by atoms with E-state index in [9.17, 15) is 9.90 Å². The molecule has 2 N–H and O–H groups in total. The first kappa shape index (κ1) is 20.2. The largest absolute Gasteiger partial charge is 0.478 e. The van der Waals surface area contributed by atoms with Gasteiger partial charge in [0.2, 0.25) is 0 Å². The molecule has 1 atom stereocenters. The number of carbonyl (C=O) groups is 1. The van der Waals surface area contributed by atoms with Crippen LogP contribution in [0.4, 0.5) is 0 Å². The Labute approximate surface area is 170 Å². The van der Waals surface area contributed by atoms with E-state index in [-0.39, 0.29) is 6.04 Å². The van der Waals surface area contributed by atoms with Crippen LogP contribution >= 0.6 is 11.6 Å². The number of carboxylic acids is 1. The van der Waals surface area contributed by atoms with Crippen molar-refractivity contribution in [2.24, 2.45) is 0 Å². The molecule has 0 fully saturated rings. The smallest absolute Gasteiger partial charge is 0.337 e. The molecule has 2 aromatic carbocycles. The van der Waals surface area contributed by atoms with Crippen molar-refractivity contribution in [2.45, 2.75) is 39.9 Å². The highest BCUT2D eigenvalue weighted by Crippen LogP contribution is 2.25. The van der Waals surface area contributed by atoms with Gasteiger partial charge in [0.25, 0.3) is 0 Å². The fourth-order valence-electron chi connectivity index (χ4n) is 3.62. The normalized spacial score (nSPS) is 12.1. The molecule has 0 saturated carbocycles. The molecule has 28 heavy (non-hydrogen) atoms. The maximum atomic E-state index is 12.0. The van der Waals surface area contributed by atoms with E-state index in [2.05, 4.69) is 28.9 Å². The van der Waals surface area contributed by atoms with Crippen LogP contribution in [0.2, 0.25) is 5.02 Å². The van der Waals surface area contributed by atoms with Crippen LogP contribution < -0.4 is 5.32 Å². The molecule has 1 aromatic heterocycles. The average Bonchev–Trinajstić information content (AvgIpc) is 2.91. The fraction of sp³-hybridized carbons (Fsp3) is 0.261. The summed E-state index contributed by atoms with van der Waals surface area (Å²) in [4.78, 5) is 12.0. The molecule has 0 amide bonds. The zero-order valence-corrected chi connectivity index (χ0v) is 17.1. The molecule has 0 unspecified atom stereocenters.